The number of fused-ring (bicyclic) bond motifs is 1. The van der Waals surface area contributed by atoms with Crippen LogP contribution in [-0.2, 0) is 17.6 Å². The fourth-order valence-corrected chi connectivity index (χ4v) is 6.33. The van der Waals surface area contributed by atoms with Gasteiger partial charge in [0.1, 0.15) is 16.9 Å². The van der Waals surface area contributed by atoms with Crippen LogP contribution in [0.5, 0.6) is 0 Å². The van der Waals surface area contributed by atoms with Crippen molar-refractivity contribution >= 4 is 63.1 Å². The van der Waals surface area contributed by atoms with Crippen molar-refractivity contribution in [3.63, 3.8) is 0 Å². The summed E-state index contributed by atoms with van der Waals surface area (Å²) < 4.78 is 0. The first-order chi connectivity index (χ1) is 17.3. The third-order valence-corrected chi connectivity index (χ3v) is 8.38. The minimum atomic E-state index is -0.449. The van der Waals surface area contributed by atoms with Gasteiger partial charge in [-0.15, -0.1) is 16.4 Å². The molecule has 188 valence electrons. The number of rotatable bonds is 8. The first kappa shape index (κ1) is 26.5. The Morgan fingerprint density at radius 3 is 2.78 bits per heavy atom. The van der Waals surface area contributed by atoms with Crippen molar-refractivity contribution in [3.8, 4) is 6.07 Å². The van der Waals surface area contributed by atoms with Crippen LogP contribution in [0.1, 0.15) is 64.9 Å². The van der Waals surface area contributed by atoms with Crippen molar-refractivity contribution in [2.75, 3.05) is 11.1 Å². The van der Waals surface area contributed by atoms with Crippen LogP contribution >= 0.6 is 46.3 Å². The number of nitrogens with zero attached hydrogens (tertiary/aromatic N) is 3. The molecule has 0 bridgehead atoms. The number of H-pyrrole nitrogens is 1. The summed E-state index contributed by atoms with van der Waals surface area (Å²) in [5, 5.41) is 24.2. The van der Waals surface area contributed by atoms with Gasteiger partial charge in [0.15, 0.2) is 0 Å². The molecule has 2 amide bonds. The van der Waals surface area contributed by atoms with E-state index in [1.54, 1.807) is 12.1 Å². The summed E-state index contributed by atoms with van der Waals surface area (Å²) in [4.78, 5) is 31.1. The van der Waals surface area contributed by atoms with E-state index < -0.39 is 6.04 Å². The van der Waals surface area contributed by atoms with Gasteiger partial charge in [-0.1, -0.05) is 48.8 Å². The maximum atomic E-state index is 12.8. The Hall–Kier alpha value is -2.58. The number of thiophene rings is 1. The third kappa shape index (κ3) is 6.03. The van der Waals surface area contributed by atoms with E-state index in [9.17, 15) is 14.9 Å². The van der Waals surface area contributed by atoms with E-state index >= 15 is 0 Å². The second-order valence-electron chi connectivity index (χ2n) is 8.69. The number of aromatic nitrogens is 3. The molecule has 0 spiro atoms. The first-order valence-electron chi connectivity index (χ1n) is 11.4. The van der Waals surface area contributed by atoms with E-state index in [2.05, 4.69) is 31.9 Å². The Morgan fingerprint density at radius 1 is 1.28 bits per heavy atom. The van der Waals surface area contributed by atoms with Crippen LogP contribution in [0.3, 0.4) is 0 Å². The Labute approximate surface area is 227 Å². The van der Waals surface area contributed by atoms with Crippen LogP contribution in [0.15, 0.2) is 23.4 Å². The maximum Gasteiger partial charge on any atom is 0.253 e. The molecule has 3 aromatic rings. The van der Waals surface area contributed by atoms with Crippen molar-refractivity contribution in [1.29, 1.82) is 5.26 Å². The number of aryl methyl sites for hydroxylation is 1. The van der Waals surface area contributed by atoms with Crippen LogP contribution in [0, 0.1) is 17.2 Å². The standard InChI is InChI=1S/C24H24Cl2N6O2S2/c1-12(2)20(29-22(34)15-8-7-13(25)9-17(15)26)21-30-24(32-31-21)35-11-19(33)28-23-16(10-27)14-5-3-4-6-18(14)36-23/h7-9,12,20H,3-6,11H2,1-2H3,(H,28,33)(H,29,34)(H,30,31,32)/t20-/m1/s1. The van der Waals surface area contributed by atoms with Crippen molar-refractivity contribution in [2.45, 2.75) is 50.7 Å². The van der Waals surface area contributed by atoms with Crippen molar-refractivity contribution < 1.29 is 9.59 Å². The van der Waals surface area contributed by atoms with Gasteiger partial charge in [-0.05, 0) is 55.4 Å². The van der Waals surface area contributed by atoms with Gasteiger partial charge in [0.25, 0.3) is 5.91 Å². The Balaban J connectivity index is 1.38. The van der Waals surface area contributed by atoms with E-state index in [0.29, 0.717) is 32.1 Å². The topological polar surface area (TPSA) is 124 Å². The SMILES string of the molecule is CC(C)[C@@H](NC(=O)c1ccc(Cl)cc1Cl)c1nc(SCC(=O)Nc2sc3c(c2C#N)CCCC3)n[nH]1. The molecule has 1 aliphatic carbocycles. The van der Waals surface area contributed by atoms with E-state index in [4.69, 9.17) is 23.2 Å². The van der Waals surface area contributed by atoms with Gasteiger partial charge in [0, 0.05) is 9.90 Å². The summed E-state index contributed by atoms with van der Waals surface area (Å²) in [7, 11) is 0. The normalized spacial score (nSPS) is 13.7. The van der Waals surface area contributed by atoms with Gasteiger partial charge in [-0.25, -0.2) is 4.98 Å². The number of nitrogens with one attached hydrogen (secondary N) is 3. The second-order valence-corrected chi connectivity index (χ2v) is 11.6. The Morgan fingerprint density at radius 2 is 2.06 bits per heavy atom. The monoisotopic (exact) mass is 562 g/mol. The number of halogens is 2. The Bertz CT molecular complexity index is 1330. The highest BCUT2D eigenvalue weighted by molar-refractivity contribution is 7.99. The van der Waals surface area contributed by atoms with E-state index in [-0.39, 0.29) is 28.5 Å². The second kappa shape index (κ2) is 11.6. The van der Waals surface area contributed by atoms with E-state index in [1.165, 1.54) is 34.0 Å². The zero-order valence-corrected chi connectivity index (χ0v) is 22.8. The van der Waals surface area contributed by atoms with Crippen LogP contribution < -0.4 is 10.6 Å². The fourth-order valence-electron chi connectivity index (χ4n) is 3.97. The molecule has 0 unspecified atom stereocenters. The molecule has 3 N–H and O–H groups in total. The first-order valence-corrected chi connectivity index (χ1v) is 14.0. The van der Waals surface area contributed by atoms with Gasteiger partial charge in [-0.2, -0.15) is 5.26 Å². The molecule has 8 nitrogen and oxygen atoms in total. The predicted molar refractivity (Wildman–Crippen MR) is 143 cm³/mol. The van der Waals surface area contributed by atoms with Gasteiger partial charge < -0.3 is 10.6 Å². The number of thioether (sulfide) groups is 1. The predicted octanol–water partition coefficient (Wildman–Crippen LogP) is 5.78. The molecule has 1 atom stereocenters. The lowest BCUT2D eigenvalue weighted by atomic mass is 9.96. The minimum absolute atomic E-state index is 0.00314. The Kier molecular flexibility index (Phi) is 8.57. The van der Waals surface area contributed by atoms with Crippen LogP contribution in [0.25, 0.3) is 0 Å². The number of benzene rings is 1. The smallest absolute Gasteiger partial charge is 0.253 e. The maximum absolute atomic E-state index is 12.8. The number of aromatic amines is 1. The van der Waals surface area contributed by atoms with Crippen molar-refractivity contribution in [3.05, 3.63) is 55.6 Å². The zero-order chi connectivity index (χ0) is 25.8. The number of anilines is 1. The summed E-state index contributed by atoms with van der Waals surface area (Å²) in [5.74, 6) is -0.0173. The largest absolute Gasteiger partial charge is 0.342 e. The lowest BCUT2D eigenvalue weighted by Crippen LogP contribution is -2.32. The molecule has 1 aromatic carbocycles. The van der Waals surface area contributed by atoms with Crippen LogP contribution in [-0.4, -0.2) is 32.7 Å². The lowest BCUT2D eigenvalue weighted by Gasteiger charge is -2.20. The average Bonchev–Trinajstić information content (AvgIpc) is 3.44. The average molecular weight is 564 g/mol. The van der Waals surface area contributed by atoms with Gasteiger partial charge in [0.05, 0.1) is 27.9 Å². The molecule has 36 heavy (non-hydrogen) atoms. The number of hydrogen-bond acceptors (Lipinski definition) is 7. The highest BCUT2D eigenvalue weighted by Gasteiger charge is 2.25. The molecule has 0 radical (unpaired) electrons. The summed E-state index contributed by atoms with van der Waals surface area (Å²) in [6.07, 6.45) is 4.02. The lowest BCUT2D eigenvalue weighted by molar-refractivity contribution is -0.113. The number of nitriles is 1. The van der Waals surface area contributed by atoms with Gasteiger partial charge in [0.2, 0.25) is 11.1 Å². The minimum Gasteiger partial charge on any atom is -0.342 e. The molecule has 0 saturated carbocycles. The van der Waals surface area contributed by atoms with E-state index in [0.717, 1.165) is 31.2 Å². The molecule has 0 aliphatic heterocycles. The van der Waals surface area contributed by atoms with Crippen LogP contribution in [0.4, 0.5) is 5.00 Å². The molecule has 0 saturated heterocycles. The molecule has 1 aliphatic rings. The molecular weight excluding hydrogens is 539 g/mol. The highest BCUT2D eigenvalue weighted by Crippen LogP contribution is 2.37. The van der Waals surface area contributed by atoms with Gasteiger partial charge >= 0.3 is 0 Å². The molecule has 2 heterocycles. The van der Waals surface area contributed by atoms with Crippen LogP contribution in [0.2, 0.25) is 10.0 Å². The summed E-state index contributed by atoms with van der Waals surface area (Å²) >= 11 is 14.8. The number of carbonyl (C=O) groups excluding carboxylic acids is 2. The molecule has 12 heteroatoms. The van der Waals surface area contributed by atoms with Gasteiger partial charge in [-0.3, -0.25) is 14.7 Å². The third-order valence-electron chi connectivity index (χ3n) is 5.77. The molecular formula is C24H24Cl2N6O2S2. The highest BCUT2D eigenvalue weighted by atomic mass is 35.5. The fraction of sp³-hybridized carbons (Fsp3) is 0.375. The molecule has 0 fully saturated rings. The summed E-state index contributed by atoms with van der Waals surface area (Å²) in [6.45, 7) is 3.90. The van der Waals surface area contributed by atoms with E-state index in [1.807, 2.05) is 13.8 Å². The zero-order valence-electron chi connectivity index (χ0n) is 19.7. The summed E-state index contributed by atoms with van der Waals surface area (Å²) in [6, 6.07) is 6.49. The molecule has 4 rings (SSSR count). The molecule has 2 aromatic heterocycles. The number of hydrogen-bond donors (Lipinski definition) is 3. The van der Waals surface area contributed by atoms with Crippen molar-refractivity contribution in [2.24, 2.45) is 5.92 Å². The quantitative estimate of drug-likeness (QED) is 0.299. The van der Waals surface area contributed by atoms with Crippen molar-refractivity contribution in [1.82, 2.24) is 20.5 Å². The number of amides is 2. The summed E-state index contributed by atoms with van der Waals surface area (Å²) in [5.41, 5.74) is 1.98. The number of carbonyl (C=O) groups is 2.